The van der Waals surface area contributed by atoms with Crippen molar-refractivity contribution in [2.24, 2.45) is 0 Å². The molecular weight excluding hydrogens is 226 g/mol. The van der Waals surface area contributed by atoms with Crippen LogP contribution in [0.4, 0.5) is 0 Å². The Bertz CT molecular complexity index is 568. The molecule has 84 valence electrons. The highest BCUT2D eigenvalue weighted by Gasteiger charge is 2.07. The van der Waals surface area contributed by atoms with Crippen LogP contribution in [0.2, 0.25) is 0 Å². The molecule has 2 rings (SSSR count). The molecule has 0 atom stereocenters. The molecule has 0 unspecified atom stereocenters. The second kappa shape index (κ2) is 4.99. The van der Waals surface area contributed by atoms with E-state index in [1.54, 1.807) is 11.3 Å². The first-order chi connectivity index (χ1) is 8.22. The maximum Gasteiger partial charge on any atom is 0.100 e. The van der Waals surface area contributed by atoms with Gasteiger partial charge in [-0.25, -0.2) is 0 Å². The van der Waals surface area contributed by atoms with Crippen molar-refractivity contribution in [1.29, 1.82) is 5.26 Å². The Morgan fingerprint density at radius 3 is 2.41 bits per heavy atom. The van der Waals surface area contributed by atoms with Gasteiger partial charge < -0.3 is 0 Å². The minimum Gasteiger partial charge on any atom is -0.192 e. The van der Waals surface area contributed by atoms with Gasteiger partial charge >= 0.3 is 0 Å². The highest BCUT2D eigenvalue weighted by molar-refractivity contribution is 7.11. The molecule has 17 heavy (non-hydrogen) atoms. The number of nitrogens with zero attached hydrogens (tertiary/aromatic N) is 1. The summed E-state index contributed by atoms with van der Waals surface area (Å²) in [4.78, 5) is 1.15. The molecule has 0 radical (unpaired) electrons. The fourth-order valence-corrected chi connectivity index (χ4v) is 2.44. The zero-order valence-electron chi connectivity index (χ0n) is 9.90. The minimum absolute atomic E-state index is 0.757. The zero-order chi connectivity index (χ0) is 12.3. The molecule has 1 aromatic heterocycles. The van der Waals surface area contributed by atoms with E-state index < -0.39 is 0 Å². The fraction of sp³-hybridized carbons (Fsp3) is 0.133. The van der Waals surface area contributed by atoms with Gasteiger partial charge in [0.05, 0.1) is 5.57 Å². The van der Waals surface area contributed by atoms with Gasteiger partial charge in [0.15, 0.2) is 0 Å². The van der Waals surface area contributed by atoms with E-state index in [1.165, 1.54) is 5.56 Å². The van der Waals surface area contributed by atoms with Crippen LogP contribution in [0.5, 0.6) is 0 Å². The lowest BCUT2D eigenvalue weighted by atomic mass is 10.00. The molecule has 1 nitrogen and oxygen atoms in total. The number of hydrogen-bond donors (Lipinski definition) is 0. The van der Waals surface area contributed by atoms with Crippen molar-refractivity contribution in [2.75, 3.05) is 0 Å². The molecule has 0 bridgehead atoms. The Kier molecular flexibility index (Phi) is 3.41. The number of benzene rings is 1. The average molecular weight is 239 g/mol. The summed E-state index contributed by atoms with van der Waals surface area (Å²) in [7, 11) is 0. The van der Waals surface area contributed by atoms with Gasteiger partial charge in [0.1, 0.15) is 6.07 Å². The highest BCUT2D eigenvalue weighted by Crippen LogP contribution is 2.28. The molecule has 2 heteroatoms. The Labute approximate surface area is 106 Å². The number of allylic oxidation sites excluding steroid dienone is 2. The van der Waals surface area contributed by atoms with Crippen molar-refractivity contribution in [1.82, 2.24) is 0 Å². The van der Waals surface area contributed by atoms with Gasteiger partial charge in [0, 0.05) is 4.88 Å². The Hall–Kier alpha value is -1.85. The normalized spacial score (nSPS) is 11.8. The van der Waals surface area contributed by atoms with Crippen molar-refractivity contribution in [2.45, 2.75) is 13.8 Å². The molecule has 0 aliphatic carbocycles. The zero-order valence-corrected chi connectivity index (χ0v) is 10.7. The second-order valence-corrected chi connectivity index (χ2v) is 4.90. The van der Waals surface area contributed by atoms with Crippen LogP contribution < -0.4 is 0 Å². The van der Waals surface area contributed by atoms with Crippen LogP contribution in [0.1, 0.15) is 22.9 Å². The first-order valence-electron chi connectivity index (χ1n) is 5.44. The van der Waals surface area contributed by atoms with Crippen LogP contribution in [0.25, 0.3) is 11.1 Å². The van der Waals surface area contributed by atoms with E-state index in [1.807, 2.05) is 55.6 Å². The maximum absolute atomic E-state index is 9.31. The van der Waals surface area contributed by atoms with Crippen molar-refractivity contribution < 1.29 is 0 Å². The quantitative estimate of drug-likeness (QED) is 0.707. The molecular formula is C15H13NS. The molecule has 0 saturated heterocycles. The van der Waals surface area contributed by atoms with Crippen LogP contribution in [0.3, 0.4) is 0 Å². The molecule has 0 aliphatic heterocycles. The molecule has 0 amide bonds. The number of thiophene rings is 1. The number of aryl methyl sites for hydroxylation is 1. The van der Waals surface area contributed by atoms with E-state index in [0.717, 1.165) is 21.6 Å². The Morgan fingerprint density at radius 2 is 1.88 bits per heavy atom. The van der Waals surface area contributed by atoms with E-state index in [2.05, 4.69) is 6.07 Å². The van der Waals surface area contributed by atoms with E-state index in [9.17, 15) is 5.26 Å². The molecule has 0 saturated carbocycles. The molecule has 1 heterocycles. The summed E-state index contributed by atoms with van der Waals surface area (Å²) in [6.45, 7) is 4.05. The van der Waals surface area contributed by atoms with Crippen LogP contribution in [0, 0.1) is 18.3 Å². The fourth-order valence-electron chi connectivity index (χ4n) is 1.70. The summed E-state index contributed by atoms with van der Waals surface area (Å²) in [6.07, 6.45) is 0. The van der Waals surface area contributed by atoms with Crippen molar-refractivity contribution >= 4 is 22.5 Å². The lowest BCUT2D eigenvalue weighted by Gasteiger charge is -2.04. The van der Waals surface area contributed by atoms with Gasteiger partial charge in [-0.2, -0.15) is 5.26 Å². The topological polar surface area (TPSA) is 23.8 Å². The third kappa shape index (κ3) is 2.46. The van der Waals surface area contributed by atoms with Gasteiger partial charge in [-0.1, -0.05) is 35.9 Å². The lowest BCUT2D eigenvalue weighted by Crippen LogP contribution is -1.86. The third-order valence-electron chi connectivity index (χ3n) is 2.72. The van der Waals surface area contributed by atoms with Gasteiger partial charge in [-0.05, 0) is 36.4 Å². The Balaban J connectivity index is 2.51. The summed E-state index contributed by atoms with van der Waals surface area (Å²) < 4.78 is 0. The number of nitriles is 1. The lowest BCUT2D eigenvalue weighted by molar-refractivity contribution is 1.45. The predicted molar refractivity (Wildman–Crippen MR) is 73.6 cm³/mol. The monoisotopic (exact) mass is 239 g/mol. The van der Waals surface area contributed by atoms with E-state index in [0.29, 0.717) is 0 Å². The average Bonchev–Trinajstić information content (AvgIpc) is 2.86. The van der Waals surface area contributed by atoms with Gasteiger partial charge in [0.2, 0.25) is 0 Å². The molecule has 0 N–H and O–H groups in total. The number of hydrogen-bond acceptors (Lipinski definition) is 2. The highest BCUT2D eigenvalue weighted by atomic mass is 32.1. The minimum atomic E-state index is 0.757. The molecule has 2 aromatic rings. The summed E-state index contributed by atoms with van der Waals surface area (Å²) in [5, 5.41) is 11.3. The second-order valence-electron chi connectivity index (χ2n) is 3.96. The van der Waals surface area contributed by atoms with Crippen LogP contribution in [-0.4, -0.2) is 0 Å². The number of rotatable bonds is 2. The van der Waals surface area contributed by atoms with Crippen LogP contribution in [0.15, 0.2) is 41.8 Å². The molecule has 0 spiro atoms. The summed E-state index contributed by atoms with van der Waals surface area (Å²) in [5.74, 6) is 0. The van der Waals surface area contributed by atoms with Crippen LogP contribution >= 0.6 is 11.3 Å². The van der Waals surface area contributed by atoms with Gasteiger partial charge in [0.25, 0.3) is 0 Å². The van der Waals surface area contributed by atoms with Gasteiger partial charge in [-0.3, -0.25) is 0 Å². The first kappa shape index (κ1) is 11.6. The summed E-state index contributed by atoms with van der Waals surface area (Å²) in [5.41, 5.74) is 4.00. The van der Waals surface area contributed by atoms with E-state index in [-0.39, 0.29) is 0 Å². The largest absolute Gasteiger partial charge is 0.192 e. The molecule has 1 aromatic carbocycles. The van der Waals surface area contributed by atoms with E-state index >= 15 is 0 Å². The summed E-state index contributed by atoms with van der Waals surface area (Å²) >= 11 is 1.66. The van der Waals surface area contributed by atoms with Crippen molar-refractivity contribution in [3.8, 4) is 6.07 Å². The van der Waals surface area contributed by atoms with Gasteiger partial charge in [-0.15, -0.1) is 11.3 Å². The van der Waals surface area contributed by atoms with Crippen molar-refractivity contribution in [3.63, 3.8) is 0 Å². The van der Waals surface area contributed by atoms with Crippen LogP contribution in [-0.2, 0) is 0 Å². The predicted octanol–water partition coefficient (Wildman–Crippen LogP) is 4.51. The SMILES string of the molecule is C/C(=C(/C#N)c1ccc(C)cc1)c1cccs1. The molecule has 0 fully saturated rings. The smallest absolute Gasteiger partial charge is 0.100 e. The maximum atomic E-state index is 9.31. The van der Waals surface area contributed by atoms with E-state index in [4.69, 9.17) is 0 Å². The Morgan fingerprint density at radius 1 is 1.18 bits per heavy atom. The summed E-state index contributed by atoms with van der Waals surface area (Å²) in [6, 6.07) is 14.4. The standard InChI is InChI=1S/C15H13NS/c1-11-5-7-13(8-6-11)14(10-16)12(2)15-4-3-9-17-15/h3-9H,1-2H3/b14-12+. The molecule has 0 aliphatic rings. The first-order valence-corrected chi connectivity index (χ1v) is 6.32. The third-order valence-corrected chi connectivity index (χ3v) is 3.71. The van der Waals surface area contributed by atoms with Crippen molar-refractivity contribution in [3.05, 3.63) is 57.8 Å².